The summed E-state index contributed by atoms with van der Waals surface area (Å²) in [5, 5.41) is 3.00. The molecule has 0 radical (unpaired) electrons. The van der Waals surface area contributed by atoms with Gasteiger partial charge in [0, 0.05) is 28.6 Å². The Bertz CT molecular complexity index is 1170. The molecule has 1 amide bonds. The van der Waals surface area contributed by atoms with E-state index in [0.29, 0.717) is 18.0 Å². The van der Waals surface area contributed by atoms with Gasteiger partial charge >= 0.3 is 0 Å². The van der Waals surface area contributed by atoms with Crippen LogP contribution in [0.4, 0.5) is 5.69 Å². The molecule has 1 fully saturated rings. The molecule has 34 heavy (non-hydrogen) atoms. The van der Waals surface area contributed by atoms with Crippen LogP contribution >= 0.6 is 0 Å². The Hall–Kier alpha value is -3.38. The molecule has 4 rings (SSSR count). The highest BCUT2D eigenvalue weighted by molar-refractivity contribution is 5.99. The molecule has 2 heterocycles. The number of ketones is 1. The van der Waals surface area contributed by atoms with E-state index in [0.717, 1.165) is 48.6 Å². The fourth-order valence-corrected chi connectivity index (χ4v) is 4.76. The van der Waals surface area contributed by atoms with Crippen molar-refractivity contribution in [3.8, 4) is 11.4 Å². The number of Topliss-reactive ketones (excluding diaryl/α,β-unsaturated/α-hetero) is 1. The maximum absolute atomic E-state index is 13.2. The number of methoxy groups -OCH3 is 1. The smallest absolute Gasteiger partial charge is 0.227 e. The van der Waals surface area contributed by atoms with Crippen molar-refractivity contribution in [3.05, 3.63) is 77.1 Å². The third-order valence-corrected chi connectivity index (χ3v) is 6.71. The van der Waals surface area contributed by atoms with Crippen molar-refractivity contribution < 1.29 is 14.3 Å². The summed E-state index contributed by atoms with van der Waals surface area (Å²) < 4.78 is 7.47. The molecule has 1 aliphatic rings. The van der Waals surface area contributed by atoms with Crippen LogP contribution in [0.1, 0.15) is 40.2 Å². The van der Waals surface area contributed by atoms with Crippen LogP contribution in [0, 0.1) is 26.7 Å². The molecule has 1 saturated heterocycles. The van der Waals surface area contributed by atoms with Gasteiger partial charge in [0.05, 0.1) is 19.3 Å². The first-order valence-corrected chi connectivity index (χ1v) is 11.8. The van der Waals surface area contributed by atoms with Gasteiger partial charge in [-0.2, -0.15) is 0 Å². The van der Waals surface area contributed by atoms with Crippen molar-refractivity contribution in [2.24, 2.45) is 5.92 Å². The number of para-hydroxylation sites is 2. The molecule has 0 atom stereocenters. The Kier molecular flexibility index (Phi) is 7.17. The topological polar surface area (TPSA) is 63.6 Å². The minimum atomic E-state index is -0.0668. The molecule has 0 saturated carbocycles. The second kappa shape index (κ2) is 10.3. The summed E-state index contributed by atoms with van der Waals surface area (Å²) in [5.41, 5.74) is 5.77. The Morgan fingerprint density at radius 1 is 1.00 bits per heavy atom. The first kappa shape index (κ1) is 23.8. The van der Waals surface area contributed by atoms with E-state index in [1.807, 2.05) is 44.2 Å². The van der Waals surface area contributed by atoms with Gasteiger partial charge in [0.25, 0.3) is 0 Å². The molecule has 6 nitrogen and oxygen atoms in total. The normalized spacial score (nSPS) is 14.7. The van der Waals surface area contributed by atoms with Crippen molar-refractivity contribution in [3.63, 3.8) is 0 Å². The van der Waals surface area contributed by atoms with Gasteiger partial charge in [0.15, 0.2) is 5.78 Å². The van der Waals surface area contributed by atoms with Crippen LogP contribution in [0.25, 0.3) is 5.69 Å². The van der Waals surface area contributed by atoms with Gasteiger partial charge in [-0.15, -0.1) is 0 Å². The van der Waals surface area contributed by atoms with E-state index in [-0.39, 0.29) is 17.6 Å². The lowest BCUT2D eigenvalue weighted by molar-refractivity contribution is -0.121. The number of benzene rings is 2. The number of aromatic nitrogens is 1. The van der Waals surface area contributed by atoms with Crippen LogP contribution in [0.5, 0.6) is 5.75 Å². The maximum Gasteiger partial charge on any atom is 0.227 e. The Morgan fingerprint density at radius 2 is 1.68 bits per heavy atom. The standard InChI is InChI=1S/C28H33N3O3/c1-19-9-11-23(12-10-19)31-20(2)17-24(21(31)3)26(32)18-30-15-13-22(14-16-30)28(33)29-25-7-5-6-8-27(25)34-4/h5-12,17,22H,13-16,18H2,1-4H3,(H,29,33). The molecule has 178 valence electrons. The lowest BCUT2D eigenvalue weighted by Crippen LogP contribution is -2.40. The van der Waals surface area contributed by atoms with Crippen molar-refractivity contribution in [2.75, 3.05) is 32.1 Å². The van der Waals surface area contributed by atoms with Gasteiger partial charge in [-0.25, -0.2) is 0 Å². The van der Waals surface area contributed by atoms with E-state index in [9.17, 15) is 9.59 Å². The maximum atomic E-state index is 13.2. The van der Waals surface area contributed by atoms with Crippen LogP contribution < -0.4 is 10.1 Å². The zero-order valence-corrected chi connectivity index (χ0v) is 20.4. The highest BCUT2D eigenvalue weighted by Crippen LogP contribution is 2.26. The first-order valence-electron chi connectivity index (χ1n) is 11.8. The number of amides is 1. The van der Waals surface area contributed by atoms with Gasteiger partial charge in [-0.05, 0) is 77.0 Å². The summed E-state index contributed by atoms with van der Waals surface area (Å²) in [5.74, 6) is 0.727. The summed E-state index contributed by atoms with van der Waals surface area (Å²) in [6.45, 7) is 7.95. The number of hydrogen-bond donors (Lipinski definition) is 1. The van der Waals surface area contributed by atoms with Gasteiger partial charge < -0.3 is 14.6 Å². The third kappa shape index (κ3) is 5.07. The van der Waals surface area contributed by atoms with Crippen LogP contribution in [-0.2, 0) is 4.79 Å². The van der Waals surface area contributed by atoms with Gasteiger partial charge in [0.2, 0.25) is 5.91 Å². The van der Waals surface area contributed by atoms with Crippen molar-refractivity contribution in [2.45, 2.75) is 33.6 Å². The van der Waals surface area contributed by atoms with Crippen LogP contribution in [-0.4, -0.2) is 47.9 Å². The second-order valence-corrected chi connectivity index (χ2v) is 9.12. The van der Waals surface area contributed by atoms with Crippen molar-refractivity contribution in [1.82, 2.24) is 9.47 Å². The number of hydrogen-bond acceptors (Lipinski definition) is 4. The largest absolute Gasteiger partial charge is 0.495 e. The minimum absolute atomic E-state index is 0.0112. The molecule has 6 heteroatoms. The highest BCUT2D eigenvalue weighted by Gasteiger charge is 2.27. The summed E-state index contributed by atoms with van der Waals surface area (Å²) >= 11 is 0. The van der Waals surface area contributed by atoms with Gasteiger partial charge in [-0.3, -0.25) is 14.5 Å². The number of carbonyl (C=O) groups excluding carboxylic acids is 2. The fourth-order valence-electron chi connectivity index (χ4n) is 4.76. The summed E-state index contributed by atoms with van der Waals surface area (Å²) in [7, 11) is 1.60. The number of carbonyl (C=O) groups is 2. The van der Waals surface area contributed by atoms with Gasteiger partial charge in [-0.1, -0.05) is 29.8 Å². The lowest BCUT2D eigenvalue weighted by atomic mass is 9.95. The number of aryl methyl sites for hydroxylation is 2. The molecule has 3 aromatic rings. The number of likely N-dealkylation sites (tertiary alicyclic amines) is 1. The molecule has 0 spiro atoms. The zero-order chi connectivity index (χ0) is 24.2. The van der Waals surface area contributed by atoms with Crippen molar-refractivity contribution >= 4 is 17.4 Å². The number of nitrogens with one attached hydrogen (secondary N) is 1. The Morgan fingerprint density at radius 3 is 2.35 bits per heavy atom. The van der Waals surface area contributed by atoms with E-state index in [1.54, 1.807) is 7.11 Å². The van der Waals surface area contributed by atoms with Crippen LogP contribution in [0.15, 0.2) is 54.6 Å². The zero-order valence-electron chi connectivity index (χ0n) is 20.4. The molecule has 0 bridgehead atoms. The predicted octanol–water partition coefficient (Wildman–Crippen LogP) is 4.94. The van der Waals surface area contributed by atoms with Crippen LogP contribution in [0.2, 0.25) is 0 Å². The lowest BCUT2D eigenvalue weighted by Gasteiger charge is -2.30. The molecule has 2 aromatic carbocycles. The van der Waals surface area contributed by atoms with E-state index in [1.165, 1.54) is 5.56 Å². The Balaban J connectivity index is 1.35. The molecular formula is C28H33N3O3. The molecule has 0 unspecified atom stereocenters. The summed E-state index contributed by atoms with van der Waals surface area (Å²) in [4.78, 5) is 28.1. The first-order chi connectivity index (χ1) is 16.4. The van der Waals surface area contributed by atoms with E-state index < -0.39 is 0 Å². The number of ether oxygens (including phenoxy) is 1. The molecule has 1 N–H and O–H groups in total. The monoisotopic (exact) mass is 459 g/mol. The fraction of sp³-hybridized carbons (Fsp3) is 0.357. The highest BCUT2D eigenvalue weighted by atomic mass is 16.5. The number of anilines is 1. The Labute approximate surface area is 201 Å². The summed E-state index contributed by atoms with van der Waals surface area (Å²) in [6, 6.07) is 17.8. The predicted molar refractivity (Wildman–Crippen MR) is 135 cm³/mol. The third-order valence-electron chi connectivity index (χ3n) is 6.71. The number of nitrogens with zero attached hydrogens (tertiary/aromatic N) is 2. The van der Waals surface area contributed by atoms with E-state index in [4.69, 9.17) is 4.74 Å². The summed E-state index contributed by atoms with van der Waals surface area (Å²) in [6.07, 6.45) is 1.47. The number of rotatable bonds is 7. The quantitative estimate of drug-likeness (QED) is 0.508. The van der Waals surface area contributed by atoms with E-state index in [2.05, 4.69) is 46.0 Å². The van der Waals surface area contributed by atoms with Gasteiger partial charge in [0.1, 0.15) is 5.75 Å². The average molecular weight is 460 g/mol. The molecule has 1 aromatic heterocycles. The molecular weight excluding hydrogens is 426 g/mol. The van der Waals surface area contributed by atoms with E-state index >= 15 is 0 Å². The second-order valence-electron chi connectivity index (χ2n) is 9.12. The minimum Gasteiger partial charge on any atom is -0.495 e. The number of piperidine rings is 1. The molecule has 1 aliphatic heterocycles. The SMILES string of the molecule is COc1ccccc1NC(=O)C1CCN(CC(=O)c2cc(C)n(-c3ccc(C)cc3)c2C)CC1. The average Bonchev–Trinajstić information content (AvgIpc) is 3.14. The van der Waals surface area contributed by atoms with Crippen LogP contribution in [0.3, 0.4) is 0 Å². The van der Waals surface area contributed by atoms with Crippen molar-refractivity contribution in [1.29, 1.82) is 0 Å². The molecule has 0 aliphatic carbocycles.